The average molecular weight is 263 g/mol. The van der Waals surface area contributed by atoms with Crippen LogP contribution in [0.15, 0.2) is 28.8 Å². The van der Waals surface area contributed by atoms with Gasteiger partial charge in [0.2, 0.25) is 0 Å². The highest BCUT2D eigenvalue weighted by atomic mass is 35.5. The second kappa shape index (κ2) is 4.65. The van der Waals surface area contributed by atoms with Crippen LogP contribution in [-0.4, -0.2) is 18.7 Å². The summed E-state index contributed by atoms with van der Waals surface area (Å²) < 4.78 is 5.44. The van der Waals surface area contributed by atoms with E-state index in [9.17, 15) is 0 Å². The molecule has 1 aromatic carbocycles. The van der Waals surface area contributed by atoms with E-state index in [-0.39, 0.29) is 6.10 Å². The fourth-order valence-corrected chi connectivity index (χ4v) is 2.83. The molecule has 0 spiro atoms. The number of fused-ring (bicyclic) bond motifs is 1. The SMILES string of the molecule is NC1=NCC(CC2=Cc3cccc(Cl)c3CC2)O1. The number of aliphatic imine (C=N–C) groups is 1. The maximum atomic E-state index is 6.19. The zero-order chi connectivity index (χ0) is 12.5. The highest BCUT2D eigenvalue weighted by Crippen LogP contribution is 2.31. The Morgan fingerprint density at radius 2 is 2.28 bits per heavy atom. The molecule has 2 N–H and O–H groups in total. The van der Waals surface area contributed by atoms with Gasteiger partial charge in [0, 0.05) is 11.4 Å². The summed E-state index contributed by atoms with van der Waals surface area (Å²) in [6.45, 7) is 0.672. The van der Waals surface area contributed by atoms with Crippen molar-refractivity contribution in [3.8, 4) is 0 Å². The maximum Gasteiger partial charge on any atom is 0.282 e. The summed E-state index contributed by atoms with van der Waals surface area (Å²) in [6.07, 6.45) is 5.27. The van der Waals surface area contributed by atoms with Gasteiger partial charge in [-0.3, -0.25) is 0 Å². The van der Waals surface area contributed by atoms with Gasteiger partial charge in [0.15, 0.2) is 0 Å². The van der Waals surface area contributed by atoms with Crippen molar-refractivity contribution in [1.82, 2.24) is 0 Å². The highest BCUT2D eigenvalue weighted by Gasteiger charge is 2.21. The van der Waals surface area contributed by atoms with Crippen LogP contribution in [-0.2, 0) is 11.2 Å². The van der Waals surface area contributed by atoms with E-state index < -0.39 is 0 Å². The lowest BCUT2D eigenvalue weighted by atomic mass is 9.89. The van der Waals surface area contributed by atoms with Gasteiger partial charge in [-0.25, -0.2) is 4.99 Å². The highest BCUT2D eigenvalue weighted by molar-refractivity contribution is 6.31. The van der Waals surface area contributed by atoms with Crippen molar-refractivity contribution in [2.45, 2.75) is 25.4 Å². The van der Waals surface area contributed by atoms with E-state index in [0.29, 0.717) is 12.6 Å². The van der Waals surface area contributed by atoms with Gasteiger partial charge in [0.25, 0.3) is 6.02 Å². The lowest BCUT2D eigenvalue weighted by Gasteiger charge is -2.19. The molecule has 0 radical (unpaired) electrons. The molecule has 1 heterocycles. The number of ether oxygens (including phenoxy) is 1. The average Bonchev–Trinajstić information content (AvgIpc) is 2.75. The van der Waals surface area contributed by atoms with Crippen LogP contribution in [0.1, 0.15) is 24.0 Å². The first-order chi connectivity index (χ1) is 8.72. The smallest absolute Gasteiger partial charge is 0.282 e. The van der Waals surface area contributed by atoms with Crippen molar-refractivity contribution < 1.29 is 4.74 Å². The number of amidine groups is 1. The van der Waals surface area contributed by atoms with Crippen molar-refractivity contribution in [3.63, 3.8) is 0 Å². The van der Waals surface area contributed by atoms with Crippen LogP contribution in [0.2, 0.25) is 5.02 Å². The molecule has 1 aromatic rings. The first-order valence-electron chi connectivity index (χ1n) is 6.16. The first kappa shape index (κ1) is 11.6. The van der Waals surface area contributed by atoms with Gasteiger partial charge in [-0.05, 0) is 30.0 Å². The molecule has 1 aliphatic carbocycles. The lowest BCUT2D eigenvalue weighted by molar-refractivity contribution is 0.220. The molecule has 4 heteroatoms. The number of nitrogens with two attached hydrogens (primary N) is 1. The molecule has 0 saturated heterocycles. The molecule has 0 amide bonds. The van der Waals surface area contributed by atoms with Crippen LogP contribution in [0.5, 0.6) is 0 Å². The van der Waals surface area contributed by atoms with Gasteiger partial charge >= 0.3 is 0 Å². The summed E-state index contributed by atoms with van der Waals surface area (Å²) in [4.78, 5) is 4.07. The molecule has 3 rings (SSSR count). The predicted molar refractivity (Wildman–Crippen MR) is 73.7 cm³/mol. The van der Waals surface area contributed by atoms with Crippen LogP contribution in [0.4, 0.5) is 0 Å². The molecular weight excluding hydrogens is 248 g/mol. The van der Waals surface area contributed by atoms with Gasteiger partial charge in [0.05, 0.1) is 6.54 Å². The molecular formula is C14H15ClN2O. The second-order valence-corrected chi connectivity index (χ2v) is 5.14. The minimum atomic E-state index is 0.108. The van der Waals surface area contributed by atoms with E-state index in [1.165, 1.54) is 16.7 Å². The Hall–Kier alpha value is -1.48. The van der Waals surface area contributed by atoms with Crippen molar-refractivity contribution >= 4 is 23.7 Å². The number of hydrogen-bond acceptors (Lipinski definition) is 3. The number of nitrogens with zero attached hydrogens (tertiary/aromatic N) is 1. The van der Waals surface area contributed by atoms with E-state index in [1.54, 1.807) is 0 Å². The fourth-order valence-electron chi connectivity index (χ4n) is 2.55. The van der Waals surface area contributed by atoms with Gasteiger partial charge in [-0.1, -0.05) is 35.4 Å². The summed E-state index contributed by atoms with van der Waals surface area (Å²) in [5.74, 6) is 0. The van der Waals surface area contributed by atoms with Crippen molar-refractivity contribution in [3.05, 3.63) is 39.9 Å². The Bertz CT molecular complexity index is 537. The van der Waals surface area contributed by atoms with Crippen molar-refractivity contribution in [2.24, 2.45) is 10.7 Å². The van der Waals surface area contributed by atoms with Crippen molar-refractivity contribution in [1.29, 1.82) is 0 Å². The molecule has 1 aliphatic heterocycles. The van der Waals surface area contributed by atoms with Crippen LogP contribution in [0.25, 0.3) is 6.08 Å². The minimum absolute atomic E-state index is 0.108. The number of hydrogen-bond donors (Lipinski definition) is 1. The third-order valence-electron chi connectivity index (χ3n) is 3.44. The van der Waals surface area contributed by atoms with Crippen molar-refractivity contribution in [2.75, 3.05) is 6.54 Å². The molecule has 94 valence electrons. The molecule has 3 nitrogen and oxygen atoms in total. The quantitative estimate of drug-likeness (QED) is 0.891. The predicted octanol–water partition coefficient (Wildman–Crippen LogP) is 2.77. The lowest BCUT2D eigenvalue weighted by Crippen LogP contribution is -2.19. The molecule has 0 bridgehead atoms. The van der Waals surface area contributed by atoms with Gasteiger partial charge < -0.3 is 10.5 Å². The van der Waals surface area contributed by atoms with Crippen LogP contribution in [0.3, 0.4) is 0 Å². The standard InChI is InChI=1S/C14H15ClN2O/c15-13-3-1-2-10-6-9(4-5-12(10)13)7-11-8-17-14(16)18-11/h1-3,6,11H,4-5,7-8H2,(H2,16,17). The zero-order valence-electron chi connectivity index (χ0n) is 10.0. The van der Waals surface area contributed by atoms with Crippen LogP contribution in [0, 0.1) is 0 Å². The Kier molecular flexibility index (Phi) is 3.00. The maximum absolute atomic E-state index is 6.19. The van der Waals surface area contributed by atoms with Crippen LogP contribution < -0.4 is 5.73 Å². The molecule has 0 fully saturated rings. The van der Waals surface area contributed by atoms with E-state index in [0.717, 1.165) is 24.3 Å². The molecule has 0 aromatic heterocycles. The molecule has 1 atom stereocenters. The Morgan fingerprint density at radius 1 is 1.39 bits per heavy atom. The van der Waals surface area contributed by atoms with E-state index in [2.05, 4.69) is 17.1 Å². The topological polar surface area (TPSA) is 47.6 Å². The summed E-state index contributed by atoms with van der Waals surface area (Å²) in [5, 5.41) is 0.868. The monoisotopic (exact) mass is 262 g/mol. The normalized spacial score (nSPS) is 21.9. The van der Waals surface area contributed by atoms with Crippen LogP contribution >= 0.6 is 11.6 Å². The number of halogens is 1. The Balaban J connectivity index is 1.76. The Morgan fingerprint density at radius 3 is 3.06 bits per heavy atom. The Labute approximate surface area is 111 Å². The fraction of sp³-hybridized carbons (Fsp3) is 0.357. The number of rotatable bonds is 2. The van der Waals surface area contributed by atoms with E-state index >= 15 is 0 Å². The van der Waals surface area contributed by atoms with Gasteiger partial charge in [-0.2, -0.15) is 0 Å². The molecule has 0 saturated carbocycles. The summed E-state index contributed by atoms with van der Waals surface area (Å²) >= 11 is 6.19. The third-order valence-corrected chi connectivity index (χ3v) is 3.79. The molecule has 18 heavy (non-hydrogen) atoms. The summed E-state index contributed by atoms with van der Waals surface area (Å²) in [7, 11) is 0. The van der Waals surface area contributed by atoms with Gasteiger partial charge in [-0.15, -0.1) is 0 Å². The van der Waals surface area contributed by atoms with E-state index in [4.69, 9.17) is 22.1 Å². The first-order valence-corrected chi connectivity index (χ1v) is 6.53. The van der Waals surface area contributed by atoms with Gasteiger partial charge in [0.1, 0.15) is 6.10 Å². The number of benzene rings is 1. The summed E-state index contributed by atoms with van der Waals surface area (Å²) in [5.41, 5.74) is 9.39. The minimum Gasteiger partial charge on any atom is -0.460 e. The second-order valence-electron chi connectivity index (χ2n) is 4.73. The largest absolute Gasteiger partial charge is 0.460 e. The summed E-state index contributed by atoms with van der Waals surface area (Å²) in [6, 6.07) is 6.38. The zero-order valence-corrected chi connectivity index (χ0v) is 10.8. The molecule has 1 unspecified atom stereocenters. The van der Waals surface area contributed by atoms with E-state index in [1.807, 2.05) is 12.1 Å². The third kappa shape index (κ3) is 2.23. The molecule has 2 aliphatic rings.